The Morgan fingerprint density at radius 1 is 0.914 bits per heavy atom. The zero-order chi connectivity index (χ0) is 40.8. The quantitative estimate of drug-likeness (QED) is 0.116. The van der Waals surface area contributed by atoms with Gasteiger partial charge in [0, 0.05) is 29.0 Å². The molecule has 4 N–H and O–H groups in total. The normalized spacial score (nSPS) is 25.9. The molecular formula is C43H33Cl2N3O10. The number of phenolic OH excluding ortho intramolecular Hbond substituents is 1. The van der Waals surface area contributed by atoms with Crippen LogP contribution in [0.5, 0.6) is 23.0 Å². The van der Waals surface area contributed by atoms with Crippen LogP contribution < -0.4 is 19.8 Å². The zero-order valence-electron chi connectivity index (χ0n) is 30.5. The van der Waals surface area contributed by atoms with E-state index in [0.717, 1.165) is 22.0 Å². The summed E-state index contributed by atoms with van der Waals surface area (Å²) in [6, 6.07) is 19.7. The number of carboxylic acids is 1. The van der Waals surface area contributed by atoms with Crippen molar-refractivity contribution in [2.24, 2.45) is 29.6 Å². The first-order valence-corrected chi connectivity index (χ1v) is 19.1. The molecule has 2 aliphatic carbocycles. The number of nitrogens with one attached hydrogen (secondary N) is 1. The lowest BCUT2D eigenvalue weighted by atomic mass is 9.48. The van der Waals surface area contributed by atoms with Crippen molar-refractivity contribution in [3.05, 3.63) is 129 Å². The number of hydrogen-bond acceptors (Lipinski definition) is 10. The third kappa shape index (κ3) is 5.47. The lowest BCUT2D eigenvalue weighted by Gasteiger charge is -2.51. The van der Waals surface area contributed by atoms with Gasteiger partial charge in [0.15, 0.2) is 0 Å². The fraction of sp³-hybridized carbons (Fsp3) is 0.233. The molecule has 0 aromatic heterocycles. The van der Waals surface area contributed by atoms with Crippen LogP contribution in [-0.4, -0.2) is 57.0 Å². The van der Waals surface area contributed by atoms with E-state index in [9.17, 15) is 29.7 Å². The number of hydrogen-bond donors (Lipinski definition) is 4. The number of anilines is 2. The van der Waals surface area contributed by atoms with Crippen molar-refractivity contribution in [3.63, 3.8) is 0 Å². The highest BCUT2D eigenvalue weighted by molar-refractivity contribution is 6.36. The van der Waals surface area contributed by atoms with Crippen LogP contribution in [0.3, 0.4) is 0 Å². The Morgan fingerprint density at radius 3 is 2.40 bits per heavy atom. The van der Waals surface area contributed by atoms with Crippen molar-refractivity contribution < 1.29 is 48.8 Å². The number of allylic oxidation sites excluding steroid dienone is 3. The predicted molar refractivity (Wildman–Crippen MR) is 209 cm³/mol. The summed E-state index contributed by atoms with van der Waals surface area (Å²) in [6.45, 7) is 0. The van der Waals surface area contributed by atoms with Gasteiger partial charge in [-0.15, -0.1) is 0 Å². The fourth-order valence-electron chi connectivity index (χ4n) is 9.75. The van der Waals surface area contributed by atoms with Crippen LogP contribution >= 0.6 is 23.2 Å². The molecule has 5 aliphatic rings. The third-order valence-electron chi connectivity index (χ3n) is 12.2. The summed E-state index contributed by atoms with van der Waals surface area (Å²) < 4.78 is 11.6. The van der Waals surface area contributed by atoms with E-state index in [1.165, 1.54) is 25.3 Å². The Bertz CT molecular complexity index is 2560. The average Bonchev–Trinajstić information content (AvgIpc) is 3.58. The number of amides is 4. The molecule has 0 radical (unpaired) electrons. The van der Waals surface area contributed by atoms with E-state index < -0.39 is 75.9 Å². The van der Waals surface area contributed by atoms with Gasteiger partial charge in [-0.2, -0.15) is 5.01 Å². The largest absolute Gasteiger partial charge is 0.508 e. The van der Waals surface area contributed by atoms with Crippen LogP contribution in [0.25, 0.3) is 0 Å². The highest BCUT2D eigenvalue weighted by Crippen LogP contribution is 2.63. The smallest absolute Gasteiger partial charge is 0.339 e. The van der Waals surface area contributed by atoms with Crippen molar-refractivity contribution in [3.8, 4) is 23.0 Å². The van der Waals surface area contributed by atoms with Gasteiger partial charge in [-0.05, 0) is 90.6 Å². The number of fused-ring (bicyclic) bond motifs is 5. The summed E-state index contributed by atoms with van der Waals surface area (Å²) in [5, 5.41) is 31.9. The van der Waals surface area contributed by atoms with Crippen LogP contribution in [0, 0.1) is 29.6 Å². The summed E-state index contributed by atoms with van der Waals surface area (Å²) in [7, 11) is 1.52. The van der Waals surface area contributed by atoms with Crippen LogP contribution in [0.1, 0.15) is 34.3 Å². The Balaban J connectivity index is 1.22. The van der Waals surface area contributed by atoms with E-state index >= 15 is 9.59 Å². The van der Waals surface area contributed by atoms with Crippen molar-refractivity contribution in [1.29, 1.82) is 0 Å². The summed E-state index contributed by atoms with van der Waals surface area (Å²) in [5.74, 6) is -7.79. The summed E-state index contributed by atoms with van der Waals surface area (Å²) in [4.78, 5) is 72.0. The Kier molecular flexibility index (Phi) is 8.79. The molecule has 58 heavy (non-hydrogen) atoms. The molecule has 6 atom stereocenters. The van der Waals surface area contributed by atoms with Gasteiger partial charge in [0.05, 0.1) is 52.9 Å². The molecule has 2 saturated heterocycles. The summed E-state index contributed by atoms with van der Waals surface area (Å²) in [5.41, 5.74) is 3.62. The number of imide groups is 2. The number of rotatable bonds is 7. The minimum Gasteiger partial charge on any atom is -0.508 e. The topological polar surface area (TPSA) is 183 Å². The van der Waals surface area contributed by atoms with Gasteiger partial charge in [-0.25, -0.2) is 9.69 Å². The monoisotopic (exact) mass is 821 g/mol. The fourth-order valence-corrected chi connectivity index (χ4v) is 10.2. The van der Waals surface area contributed by atoms with Gasteiger partial charge in [0.1, 0.15) is 28.6 Å². The lowest BCUT2D eigenvalue weighted by molar-refractivity contribution is -0.139. The number of benzene rings is 4. The van der Waals surface area contributed by atoms with E-state index in [2.05, 4.69) is 5.43 Å². The number of halogens is 2. The van der Waals surface area contributed by atoms with E-state index in [0.29, 0.717) is 38.8 Å². The Morgan fingerprint density at radius 2 is 1.69 bits per heavy atom. The molecule has 4 amide bonds. The van der Waals surface area contributed by atoms with Gasteiger partial charge >= 0.3 is 5.97 Å². The highest BCUT2D eigenvalue weighted by atomic mass is 35.5. The van der Waals surface area contributed by atoms with Crippen molar-refractivity contribution in [1.82, 2.24) is 5.01 Å². The molecule has 9 rings (SSSR count). The number of methoxy groups -OCH3 is 1. The SMILES string of the molecule is COc1ccc(C23C(=O)N(Nc4ccc(Cl)cc4Cl)C(=O)C2CC2C(=CCC4C(=O)N(c5ccc(C(=O)O)c(O)c5)C(=O)C42)C3C2=COc3ccc(O)cc3C2)cc1. The molecular weight excluding hydrogens is 789 g/mol. The molecule has 0 bridgehead atoms. The predicted octanol–water partition coefficient (Wildman–Crippen LogP) is 6.65. The second-order valence-corrected chi connectivity index (χ2v) is 15.9. The van der Waals surface area contributed by atoms with E-state index in [1.54, 1.807) is 54.8 Å². The maximum Gasteiger partial charge on any atom is 0.339 e. The number of hydrazine groups is 1. The molecule has 13 nitrogen and oxygen atoms in total. The van der Waals surface area contributed by atoms with Gasteiger partial charge in [0.25, 0.3) is 11.8 Å². The summed E-state index contributed by atoms with van der Waals surface area (Å²) in [6.07, 6.45) is 3.77. The minimum atomic E-state index is -1.63. The molecule has 15 heteroatoms. The van der Waals surface area contributed by atoms with E-state index in [4.69, 9.17) is 32.7 Å². The van der Waals surface area contributed by atoms with Crippen molar-refractivity contribution >= 4 is 64.2 Å². The first-order chi connectivity index (χ1) is 27.8. The number of carboxylic acid groups (broad SMARTS) is 1. The van der Waals surface area contributed by atoms with Gasteiger partial charge in [-0.3, -0.25) is 24.6 Å². The molecule has 4 aromatic rings. The number of phenols is 2. The second kappa shape index (κ2) is 13.7. The molecule has 294 valence electrons. The number of carbonyl (C=O) groups is 5. The minimum absolute atomic E-state index is 0.00575. The molecule has 3 fully saturated rings. The third-order valence-corrected chi connectivity index (χ3v) is 12.7. The lowest BCUT2D eigenvalue weighted by Crippen LogP contribution is -2.55. The van der Waals surface area contributed by atoms with Crippen LogP contribution in [-0.2, 0) is 31.0 Å². The first-order valence-electron chi connectivity index (χ1n) is 18.4. The van der Waals surface area contributed by atoms with Crippen LogP contribution in [0.15, 0.2) is 102 Å². The van der Waals surface area contributed by atoms with Crippen LogP contribution in [0.2, 0.25) is 10.0 Å². The van der Waals surface area contributed by atoms with Crippen LogP contribution in [0.4, 0.5) is 11.4 Å². The number of ether oxygens (including phenoxy) is 2. The number of carbonyl (C=O) groups excluding carboxylic acids is 4. The molecule has 4 aromatic carbocycles. The second-order valence-electron chi connectivity index (χ2n) is 15.0. The number of aromatic carboxylic acids is 1. The van der Waals surface area contributed by atoms with Crippen molar-refractivity contribution in [2.75, 3.05) is 17.4 Å². The molecule has 0 spiro atoms. The van der Waals surface area contributed by atoms with Gasteiger partial charge < -0.3 is 24.8 Å². The Labute approximate surface area is 340 Å². The molecule has 3 heterocycles. The highest BCUT2D eigenvalue weighted by Gasteiger charge is 2.71. The van der Waals surface area contributed by atoms with Gasteiger partial charge in [0.2, 0.25) is 11.8 Å². The molecule has 3 aliphatic heterocycles. The zero-order valence-corrected chi connectivity index (χ0v) is 32.0. The van der Waals surface area contributed by atoms with E-state index in [1.807, 2.05) is 6.08 Å². The maximum absolute atomic E-state index is 15.5. The molecule has 1 saturated carbocycles. The Hall–Kier alpha value is -6.31. The average molecular weight is 823 g/mol. The standard InChI is InChI=1S/C43H33Cl2N3O10/c1-57-26-7-2-22(3-8-26)43-31(39(52)48(42(43)56)46-33-12-4-23(44)16-32(33)45)18-30-27(37(43)21-14-20-15-25(49)6-13-35(20)58-19-21)10-11-29-36(30)40(53)47(38(29)51)24-5-9-28(41(54)55)34(50)17-24/h2-10,12-13,15-17,19,29-31,36-37,46,49-50H,11,14,18H2,1H3,(H,54,55). The van der Waals surface area contributed by atoms with E-state index in [-0.39, 0.29) is 41.4 Å². The molecule has 6 unspecified atom stereocenters. The maximum atomic E-state index is 15.5. The van der Waals surface area contributed by atoms with Crippen molar-refractivity contribution in [2.45, 2.75) is 24.7 Å². The summed E-state index contributed by atoms with van der Waals surface area (Å²) >= 11 is 12.7. The first kappa shape index (κ1) is 37.3. The number of nitrogens with zero attached hydrogens (tertiary/aromatic N) is 2. The number of aromatic hydroxyl groups is 2. The van der Waals surface area contributed by atoms with Gasteiger partial charge in [-0.1, -0.05) is 47.0 Å².